The van der Waals surface area contributed by atoms with Crippen molar-refractivity contribution in [2.75, 3.05) is 14.2 Å². The highest BCUT2D eigenvalue weighted by Crippen LogP contribution is 2.31. The number of benzene rings is 2. The summed E-state index contributed by atoms with van der Waals surface area (Å²) in [7, 11) is 3.19. The van der Waals surface area contributed by atoms with Crippen LogP contribution in [-0.4, -0.2) is 20.1 Å². The van der Waals surface area contributed by atoms with E-state index in [1.807, 2.05) is 31.2 Å². The summed E-state index contributed by atoms with van der Waals surface area (Å²) in [6.07, 6.45) is 1.75. The average molecular weight is 396 g/mol. The van der Waals surface area contributed by atoms with E-state index in [1.165, 1.54) is 0 Å². The number of ether oxygens (including phenoxy) is 2. The summed E-state index contributed by atoms with van der Waals surface area (Å²) in [5.74, 6) is 1.29. The Balaban J connectivity index is 2.00. The molecule has 2 rings (SSSR count). The van der Waals surface area contributed by atoms with Crippen molar-refractivity contribution in [1.82, 2.24) is 5.32 Å². The number of amides is 1. The topological polar surface area (TPSA) is 47.6 Å². The Kier molecular flexibility index (Phi) is 7.61. The first-order chi connectivity index (χ1) is 12.5. The molecular formula is C20H23Cl2NO3. The predicted molar refractivity (Wildman–Crippen MR) is 106 cm³/mol. The van der Waals surface area contributed by atoms with Crippen LogP contribution >= 0.6 is 23.2 Å². The van der Waals surface area contributed by atoms with Crippen molar-refractivity contribution in [3.05, 3.63) is 57.6 Å². The van der Waals surface area contributed by atoms with Gasteiger partial charge in [-0.2, -0.15) is 0 Å². The van der Waals surface area contributed by atoms with Gasteiger partial charge >= 0.3 is 0 Å². The van der Waals surface area contributed by atoms with Crippen LogP contribution in [-0.2, 0) is 11.2 Å². The molecule has 0 saturated carbocycles. The predicted octanol–water partition coefficient (Wildman–Crippen LogP) is 5.21. The van der Waals surface area contributed by atoms with Gasteiger partial charge in [-0.15, -0.1) is 0 Å². The number of carbonyl (C=O) groups excluding carboxylic acids is 1. The molecule has 140 valence electrons. The van der Waals surface area contributed by atoms with Gasteiger partial charge in [-0.25, -0.2) is 0 Å². The first-order valence-corrected chi connectivity index (χ1v) is 9.19. The largest absolute Gasteiger partial charge is 0.493 e. The summed E-state index contributed by atoms with van der Waals surface area (Å²) >= 11 is 11.9. The van der Waals surface area contributed by atoms with E-state index in [-0.39, 0.29) is 11.9 Å². The van der Waals surface area contributed by atoms with E-state index in [0.717, 1.165) is 17.5 Å². The molecule has 26 heavy (non-hydrogen) atoms. The number of hydrogen-bond acceptors (Lipinski definition) is 3. The molecule has 0 bridgehead atoms. The number of methoxy groups -OCH3 is 2. The van der Waals surface area contributed by atoms with Crippen LogP contribution in [0.15, 0.2) is 36.4 Å². The first kappa shape index (κ1) is 20.4. The molecule has 2 aromatic rings. The molecular weight excluding hydrogens is 373 g/mol. The lowest BCUT2D eigenvalue weighted by molar-refractivity contribution is -0.121. The van der Waals surface area contributed by atoms with Gasteiger partial charge in [0, 0.05) is 6.42 Å². The molecule has 2 aromatic carbocycles. The monoisotopic (exact) mass is 395 g/mol. The van der Waals surface area contributed by atoms with Gasteiger partial charge in [-0.05, 0) is 48.2 Å². The van der Waals surface area contributed by atoms with Crippen molar-refractivity contribution in [3.8, 4) is 11.5 Å². The molecule has 0 fully saturated rings. The van der Waals surface area contributed by atoms with Gasteiger partial charge in [0.05, 0.1) is 30.3 Å². The van der Waals surface area contributed by atoms with Crippen LogP contribution in [0.25, 0.3) is 0 Å². The number of nitrogens with one attached hydrogen (secondary N) is 1. The van der Waals surface area contributed by atoms with Crippen molar-refractivity contribution >= 4 is 29.1 Å². The van der Waals surface area contributed by atoms with E-state index >= 15 is 0 Å². The molecule has 0 saturated heterocycles. The molecule has 0 aliphatic carbocycles. The van der Waals surface area contributed by atoms with Gasteiger partial charge < -0.3 is 14.8 Å². The Labute approximate surface area is 164 Å². The number of halogens is 2. The minimum absolute atomic E-state index is 0.0160. The molecule has 1 unspecified atom stereocenters. The molecule has 0 heterocycles. The molecule has 4 nitrogen and oxygen atoms in total. The second-order valence-corrected chi connectivity index (χ2v) is 6.71. The fourth-order valence-electron chi connectivity index (χ4n) is 2.71. The maximum absolute atomic E-state index is 12.4. The third-order valence-electron chi connectivity index (χ3n) is 4.18. The Hall–Kier alpha value is -1.91. The second-order valence-electron chi connectivity index (χ2n) is 5.89. The van der Waals surface area contributed by atoms with Crippen LogP contribution in [0.1, 0.15) is 36.9 Å². The van der Waals surface area contributed by atoms with Gasteiger partial charge in [0.1, 0.15) is 0 Å². The van der Waals surface area contributed by atoms with Crippen molar-refractivity contribution in [2.24, 2.45) is 0 Å². The zero-order valence-corrected chi connectivity index (χ0v) is 16.7. The lowest BCUT2D eigenvalue weighted by Gasteiger charge is -2.19. The summed E-state index contributed by atoms with van der Waals surface area (Å²) in [6.45, 7) is 2.03. The molecule has 0 radical (unpaired) electrons. The fourth-order valence-corrected chi connectivity index (χ4v) is 3.03. The number of rotatable bonds is 8. The molecule has 0 aliphatic rings. The maximum Gasteiger partial charge on any atom is 0.220 e. The highest BCUT2D eigenvalue weighted by atomic mass is 35.5. The van der Waals surface area contributed by atoms with Gasteiger partial charge in [0.15, 0.2) is 11.5 Å². The van der Waals surface area contributed by atoms with E-state index in [9.17, 15) is 4.79 Å². The zero-order valence-electron chi connectivity index (χ0n) is 15.1. The smallest absolute Gasteiger partial charge is 0.220 e. The summed E-state index contributed by atoms with van der Waals surface area (Å²) < 4.78 is 10.6. The van der Waals surface area contributed by atoms with Crippen LogP contribution in [0.4, 0.5) is 0 Å². The van der Waals surface area contributed by atoms with Gasteiger partial charge in [-0.1, -0.05) is 42.3 Å². The number of carbonyl (C=O) groups is 1. The third-order valence-corrected chi connectivity index (χ3v) is 4.92. The summed E-state index contributed by atoms with van der Waals surface area (Å²) in [5, 5.41) is 4.09. The van der Waals surface area contributed by atoms with Crippen LogP contribution in [0.2, 0.25) is 10.0 Å². The lowest BCUT2D eigenvalue weighted by atomic mass is 10.0. The first-order valence-electron chi connectivity index (χ1n) is 8.43. The maximum atomic E-state index is 12.4. The standard InChI is InChI=1S/C20H23Cl2NO3/c1-4-17(14-7-9-18(25-2)19(12-14)26-3)23-20(24)10-6-13-5-8-15(21)16(22)11-13/h5,7-9,11-12,17H,4,6,10H2,1-3H3,(H,23,24). The Morgan fingerprint density at radius 2 is 1.77 bits per heavy atom. The van der Waals surface area contributed by atoms with Gasteiger partial charge in [-0.3, -0.25) is 4.79 Å². The summed E-state index contributed by atoms with van der Waals surface area (Å²) in [6, 6.07) is 11.0. The molecule has 1 atom stereocenters. The minimum Gasteiger partial charge on any atom is -0.493 e. The van der Waals surface area contributed by atoms with E-state index in [0.29, 0.717) is 34.4 Å². The number of hydrogen-bond donors (Lipinski definition) is 1. The summed E-state index contributed by atoms with van der Waals surface area (Å²) in [4.78, 5) is 12.4. The van der Waals surface area contributed by atoms with E-state index in [2.05, 4.69) is 5.32 Å². The molecule has 0 spiro atoms. The van der Waals surface area contributed by atoms with E-state index in [1.54, 1.807) is 26.4 Å². The van der Waals surface area contributed by atoms with Crippen LogP contribution in [0.5, 0.6) is 11.5 Å². The van der Waals surface area contributed by atoms with Crippen LogP contribution in [0, 0.1) is 0 Å². The van der Waals surface area contributed by atoms with E-state index in [4.69, 9.17) is 32.7 Å². The van der Waals surface area contributed by atoms with Crippen molar-refractivity contribution in [3.63, 3.8) is 0 Å². The normalized spacial score (nSPS) is 11.7. The van der Waals surface area contributed by atoms with Crippen LogP contribution in [0.3, 0.4) is 0 Å². The van der Waals surface area contributed by atoms with Crippen molar-refractivity contribution < 1.29 is 14.3 Å². The highest BCUT2D eigenvalue weighted by molar-refractivity contribution is 6.42. The zero-order chi connectivity index (χ0) is 19.1. The Morgan fingerprint density at radius 1 is 1.04 bits per heavy atom. The molecule has 0 aromatic heterocycles. The average Bonchev–Trinajstić information content (AvgIpc) is 2.66. The highest BCUT2D eigenvalue weighted by Gasteiger charge is 2.15. The van der Waals surface area contributed by atoms with Crippen LogP contribution < -0.4 is 14.8 Å². The lowest BCUT2D eigenvalue weighted by Crippen LogP contribution is -2.28. The second kappa shape index (κ2) is 9.70. The quantitative estimate of drug-likeness (QED) is 0.666. The SMILES string of the molecule is CCC(NC(=O)CCc1ccc(Cl)c(Cl)c1)c1ccc(OC)c(OC)c1. The van der Waals surface area contributed by atoms with Gasteiger partial charge in [0.25, 0.3) is 0 Å². The summed E-state index contributed by atoms with van der Waals surface area (Å²) in [5.41, 5.74) is 1.96. The molecule has 1 amide bonds. The minimum atomic E-state index is -0.0869. The fraction of sp³-hybridized carbons (Fsp3) is 0.350. The molecule has 1 N–H and O–H groups in total. The van der Waals surface area contributed by atoms with E-state index < -0.39 is 0 Å². The van der Waals surface area contributed by atoms with Gasteiger partial charge in [0.2, 0.25) is 5.91 Å². The van der Waals surface area contributed by atoms with Crippen molar-refractivity contribution in [2.45, 2.75) is 32.2 Å². The van der Waals surface area contributed by atoms with Crippen molar-refractivity contribution in [1.29, 1.82) is 0 Å². The molecule has 0 aliphatic heterocycles. The number of aryl methyl sites for hydroxylation is 1. The molecule has 6 heteroatoms. The Morgan fingerprint density at radius 3 is 2.38 bits per heavy atom. The Bertz CT molecular complexity index is 765. The third kappa shape index (κ3) is 5.29.